The minimum absolute atomic E-state index is 0.0469. The number of carbonyl (C=O) groups excluding carboxylic acids is 3. The van der Waals surface area contributed by atoms with Crippen LogP contribution in [0.2, 0.25) is 0 Å². The van der Waals surface area contributed by atoms with Gasteiger partial charge in [-0.3, -0.25) is 29.6 Å². The predicted molar refractivity (Wildman–Crippen MR) is 233 cm³/mol. The molecule has 10 rings (SSSR count). The first-order valence-electron chi connectivity index (χ1n) is 21.7. The number of ether oxygens (including phenoxy) is 2. The summed E-state index contributed by atoms with van der Waals surface area (Å²) in [5.41, 5.74) is 6.77. The molecule has 2 aromatic carbocycles. The van der Waals surface area contributed by atoms with Gasteiger partial charge in [0, 0.05) is 100 Å². The maximum Gasteiger partial charge on any atom is 0.280 e. The number of aliphatic imine (C=N–C) groups is 1. The highest BCUT2D eigenvalue weighted by Gasteiger charge is 2.38. The van der Waals surface area contributed by atoms with Gasteiger partial charge in [0.2, 0.25) is 23.7 Å². The number of imide groups is 1. The summed E-state index contributed by atoms with van der Waals surface area (Å²) < 4.78 is 44.6. The molecular weight excluding hydrogens is 811 g/mol. The maximum absolute atomic E-state index is 15.4. The Morgan fingerprint density at radius 1 is 0.921 bits per heavy atom. The van der Waals surface area contributed by atoms with Crippen molar-refractivity contribution >= 4 is 46.4 Å². The van der Waals surface area contributed by atoms with Crippen LogP contribution in [0.4, 0.5) is 31.5 Å². The molecule has 17 heteroatoms. The maximum atomic E-state index is 15.4. The van der Waals surface area contributed by atoms with Crippen LogP contribution < -0.4 is 30.1 Å². The van der Waals surface area contributed by atoms with Crippen molar-refractivity contribution in [3.05, 3.63) is 88.8 Å². The van der Waals surface area contributed by atoms with E-state index in [1.165, 1.54) is 17.7 Å². The van der Waals surface area contributed by atoms with Crippen molar-refractivity contribution in [2.24, 2.45) is 18.0 Å². The summed E-state index contributed by atoms with van der Waals surface area (Å²) in [6.45, 7) is 7.08. The van der Waals surface area contributed by atoms with E-state index in [0.717, 1.165) is 61.5 Å². The smallest absolute Gasteiger partial charge is 0.280 e. The topological polar surface area (TPSA) is 150 Å². The fourth-order valence-corrected chi connectivity index (χ4v) is 10.0. The summed E-state index contributed by atoms with van der Waals surface area (Å²) in [6.07, 6.45) is 6.54. The van der Waals surface area contributed by atoms with Crippen LogP contribution in [-0.4, -0.2) is 115 Å². The summed E-state index contributed by atoms with van der Waals surface area (Å²) in [7, 11) is 3.56. The average Bonchev–Trinajstić information content (AvgIpc) is 3.78. The molecule has 7 heterocycles. The number of methoxy groups -OCH3 is 1. The lowest BCUT2D eigenvalue weighted by molar-refractivity contribution is -0.134. The quantitative estimate of drug-likeness (QED) is 0.195. The molecule has 3 atom stereocenters. The van der Waals surface area contributed by atoms with E-state index in [1.54, 1.807) is 30.1 Å². The number of anilines is 4. The van der Waals surface area contributed by atoms with Crippen molar-refractivity contribution in [2.75, 3.05) is 79.6 Å². The molecule has 3 fully saturated rings. The van der Waals surface area contributed by atoms with Gasteiger partial charge in [0.05, 0.1) is 54.0 Å². The van der Waals surface area contributed by atoms with Crippen LogP contribution in [0, 0.1) is 24.5 Å². The van der Waals surface area contributed by atoms with E-state index >= 15 is 8.78 Å². The molecule has 4 aromatic rings. The number of carbonyl (C=O) groups is 3. The van der Waals surface area contributed by atoms with Crippen LogP contribution in [0.3, 0.4) is 0 Å². The Hall–Kier alpha value is -6.20. The number of hydrogen-bond acceptors (Lipinski definition) is 12. The van der Waals surface area contributed by atoms with Crippen molar-refractivity contribution < 1.29 is 32.6 Å². The van der Waals surface area contributed by atoms with Crippen molar-refractivity contribution in [3.8, 4) is 17.1 Å². The molecule has 15 nitrogen and oxygen atoms in total. The van der Waals surface area contributed by atoms with Gasteiger partial charge < -0.3 is 29.5 Å². The summed E-state index contributed by atoms with van der Waals surface area (Å²) >= 11 is 0. The number of piperazine rings is 1. The van der Waals surface area contributed by atoms with Crippen molar-refractivity contribution in [2.45, 2.75) is 57.0 Å². The second kappa shape index (κ2) is 16.5. The number of aromatic nitrogens is 3. The van der Waals surface area contributed by atoms with Crippen molar-refractivity contribution in [3.63, 3.8) is 0 Å². The Kier molecular flexibility index (Phi) is 10.7. The van der Waals surface area contributed by atoms with Crippen LogP contribution in [0.15, 0.2) is 65.3 Å². The number of allylic oxidation sites excluding steroid dienone is 1. The van der Waals surface area contributed by atoms with Gasteiger partial charge in [0.25, 0.3) is 5.91 Å². The summed E-state index contributed by atoms with van der Waals surface area (Å²) in [5.74, 6) is -2.66. The molecule has 6 aliphatic rings. The Morgan fingerprint density at radius 2 is 1.73 bits per heavy atom. The first kappa shape index (κ1) is 40.8. The second-order valence-corrected chi connectivity index (χ2v) is 17.3. The molecule has 2 aromatic heterocycles. The number of aryl methyl sites for hydroxylation is 2. The summed E-state index contributed by atoms with van der Waals surface area (Å²) in [5, 5.41) is 10.1. The Labute approximate surface area is 363 Å². The fourth-order valence-electron chi connectivity index (χ4n) is 10.0. The van der Waals surface area contributed by atoms with Crippen molar-refractivity contribution in [1.82, 2.24) is 25.0 Å². The lowest BCUT2D eigenvalue weighted by Gasteiger charge is -2.48. The highest BCUT2D eigenvalue weighted by molar-refractivity contribution is 6.19. The molecule has 2 bridgehead atoms. The van der Waals surface area contributed by atoms with Gasteiger partial charge in [0.15, 0.2) is 0 Å². The number of amides is 3. The van der Waals surface area contributed by atoms with Gasteiger partial charge >= 0.3 is 0 Å². The minimum atomic E-state index is -1.03. The highest BCUT2D eigenvalue weighted by atomic mass is 19.1. The Morgan fingerprint density at radius 3 is 2.51 bits per heavy atom. The summed E-state index contributed by atoms with van der Waals surface area (Å²) in [4.78, 5) is 56.4. The van der Waals surface area contributed by atoms with Gasteiger partial charge in [-0.25, -0.2) is 13.5 Å². The van der Waals surface area contributed by atoms with Gasteiger partial charge in [-0.05, 0) is 80.6 Å². The number of hydrogen-bond donors (Lipinski definition) is 2. The number of benzene rings is 2. The third-order valence-electron chi connectivity index (χ3n) is 13.3. The van der Waals surface area contributed by atoms with Crippen LogP contribution in [0.5, 0.6) is 5.88 Å². The molecule has 0 unspecified atom stereocenters. The molecule has 3 amide bonds. The number of piperidine rings is 2. The Balaban J connectivity index is 0.839. The number of nitrogens with one attached hydrogen (secondary N) is 2. The lowest BCUT2D eigenvalue weighted by atomic mass is 9.89. The Bertz CT molecular complexity index is 2550. The monoisotopic (exact) mass is 860 g/mol. The third kappa shape index (κ3) is 7.92. The predicted octanol–water partition coefficient (Wildman–Crippen LogP) is 5.16. The first-order valence-corrected chi connectivity index (χ1v) is 21.7. The number of guanidine groups is 1. The average molecular weight is 861 g/mol. The first-order chi connectivity index (χ1) is 30.5. The van der Waals surface area contributed by atoms with Gasteiger partial charge in [-0.1, -0.05) is 6.08 Å². The molecule has 1 aliphatic carbocycles. The number of rotatable bonds is 6. The normalized spacial score (nSPS) is 23.8. The van der Waals surface area contributed by atoms with Gasteiger partial charge in [-0.2, -0.15) is 10.1 Å². The van der Waals surface area contributed by atoms with E-state index in [4.69, 9.17) is 14.5 Å². The number of halogens is 2. The number of fused-ring (bicyclic) bond motifs is 8. The zero-order chi connectivity index (χ0) is 43.5. The number of pyridine rings is 1. The molecule has 0 spiro atoms. The highest BCUT2D eigenvalue weighted by Crippen LogP contribution is 2.42. The summed E-state index contributed by atoms with van der Waals surface area (Å²) in [6, 6.07) is 12.9. The van der Waals surface area contributed by atoms with Gasteiger partial charge in [-0.15, -0.1) is 0 Å². The molecule has 2 N–H and O–H groups in total. The lowest BCUT2D eigenvalue weighted by Crippen LogP contribution is -2.60. The van der Waals surface area contributed by atoms with Crippen LogP contribution in [0.1, 0.15) is 59.6 Å². The molecule has 5 aliphatic heterocycles. The molecular formula is C46H50F2N10O5. The zero-order valence-corrected chi connectivity index (χ0v) is 35.6. The molecule has 0 saturated carbocycles. The van der Waals surface area contributed by atoms with E-state index in [-0.39, 0.29) is 42.3 Å². The van der Waals surface area contributed by atoms with Crippen LogP contribution in [-0.2, 0) is 21.4 Å². The van der Waals surface area contributed by atoms with Crippen molar-refractivity contribution in [1.29, 1.82) is 0 Å². The number of nitrogens with zero attached hydrogens (tertiary/aromatic N) is 8. The zero-order valence-electron chi connectivity index (χ0n) is 35.6. The standard InChI is InChI=1S/C46H50F2N10O5/c1-26-16-28-18-39(50-26)35-22-49-54(2)45(35)63-15-10-27-17-29(27)23-58-40-21-31(4-6-38(40)51-46(58)53-43(28)60)56-13-14-57(33(24-56)25-62-3)30-8-11-55(12-9-30)32-19-36(47)42(37(48)20-32)34-5-7-41(59)52-44(34)61/h4,6,16-22,27,30,33-34H,5,7-15,23-25H2,1-3H3,(H,51,53,60)(H,52,59,61)/t27-,33-,34+/m0/s1. The molecule has 3 saturated heterocycles. The minimum Gasteiger partial charge on any atom is -0.477 e. The SMILES string of the molecule is COC[C@@H]1CN(c2ccc3c(c2)N2CC4=C[C@@H]4CCOc4c(cnn4C)-c4cc(cc(C)n4)C(=O)/N=C/2N3)CCN1C1CCN(c2cc(F)c([C@H]3CCC(=O)NC3=O)c(F)c2)CC1. The molecule has 0 radical (unpaired) electrons. The fraction of sp³-hybridized carbons (Fsp3) is 0.435. The van der Waals surface area contributed by atoms with Crippen LogP contribution >= 0.6 is 0 Å². The third-order valence-corrected chi connectivity index (χ3v) is 13.3. The van der Waals surface area contributed by atoms with Gasteiger partial charge in [0.1, 0.15) is 11.6 Å². The second-order valence-electron chi connectivity index (χ2n) is 17.3. The van der Waals surface area contributed by atoms with Crippen LogP contribution in [0.25, 0.3) is 11.3 Å². The molecule has 328 valence electrons. The van der Waals surface area contributed by atoms with E-state index in [1.807, 2.05) is 18.9 Å². The van der Waals surface area contributed by atoms with E-state index in [9.17, 15) is 14.4 Å². The van der Waals surface area contributed by atoms with E-state index < -0.39 is 29.4 Å². The van der Waals surface area contributed by atoms with E-state index in [0.29, 0.717) is 67.3 Å². The largest absolute Gasteiger partial charge is 0.477 e. The van der Waals surface area contributed by atoms with E-state index in [2.05, 4.69) is 59.7 Å². The molecule has 63 heavy (non-hydrogen) atoms.